The maximum absolute atomic E-state index is 13.3. The first-order valence-electron chi connectivity index (χ1n) is 10.6. The van der Waals surface area contributed by atoms with Gasteiger partial charge in [-0.05, 0) is 50.3 Å². The van der Waals surface area contributed by atoms with E-state index in [0.717, 1.165) is 25.9 Å². The van der Waals surface area contributed by atoms with Gasteiger partial charge in [-0.3, -0.25) is 14.5 Å². The van der Waals surface area contributed by atoms with Crippen molar-refractivity contribution >= 4 is 11.8 Å². The van der Waals surface area contributed by atoms with Crippen molar-refractivity contribution in [2.75, 3.05) is 32.7 Å². The van der Waals surface area contributed by atoms with Gasteiger partial charge in [-0.2, -0.15) is 0 Å². The average Bonchev–Trinajstić information content (AvgIpc) is 3.14. The van der Waals surface area contributed by atoms with E-state index >= 15 is 0 Å². The number of rotatable bonds is 3. The fraction of sp³-hybridized carbons (Fsp3) is 0.636. The molecule has 2 amide bonds. The number of carbonyl (C=O) groups excluding carboxylic acids is 2. The molecule has 0 N–H and O–H groups in total. The van der Waals surface area contributed by atoms with Gasteiger partial charge in [0.05, 0.1) is 12.6 Å². The first kappa shape index (κ1) is 17.2. The molecule has 3 atom stereocenters. The summed E-state index contributed by atoms with van der Waals surface area (Å²) in [4.78, 5) is 32.0. The minimum absolute atomic E-state index is 0.152. The van der Waals surface area contributed by atoms with Crippen molar-refractivity contribution in [3.8, 4) is 0 Å². The van der Waals surface area contributed by atoms with E-state index in [1.807, 2.05) is 0 Å². The summed E-state index contributed by atoms with van der Waals surface area (Å²) in [6.07, 6.45) is 4.99. The summed E-state index contributed by atoms with van der Waals surface area (Å²) in [7, 11) is 0. The number of amides is 2. The Morgan fingerprint density at radius 2 is 1.78 bits per heavy atom. The van der Waals surface area contributed by atoms with Crippen LogP contribution in [0.4, 0.5) is 0 Å². The second kappa shape index (κ2) is 6.93. The van der Waals surface area contributed by atoms with Crippen molar-refractivity contribution in [1.82, 2.24) is 14.7 Å². The van der Waals surface area contributed by atoms with Crippen molar-refractivity contribution in [2.45, 2.75) is 50.1 Å². The van der Waals surface area contributed by atoms with Crippen LogP contribution in [0.5, 0.6) is 0 Å². The van der Waals surface area contributed by atoms with Gasteiger partial charge >= 0.3 is 0 Å². The summed E-state index contributed by atoms with van der Waals surface area (Å²) in [5.74, 6) is 1.32. The summed E-state index contributed by atoms with van der Waals surface area (Å²) in [5.41, 5.74) is 1.35. The number of nitrogens with zero attached hydrogens (tertiary/aromatic N) is 3. The molecule has 6 rings (SSSR count). The third-order valence-corrected chi connectivity index (χ3v) is 7.29. The molecular formula is C22H29N3O2. The monoisotopic (exact) mass is 367 g/mol. The Morgan fingerprint density at radius 1 is 1.00 bits per heavy atom. The molecule has 0 unspecified atom stereocenters. The molecule has 5 heterocycles. The third kappa shape index (κ3) is 2.96. The summed E-state index contributed by atoms with van der Waals surface area (Å²) in [5, 5.41) is 0. The van der Waals surface area contributed by atoms with Gasteiger partial charge in [-0.1, -0.05) is 30.3 Å². The standard InChI is InChI=1S/C22H29N3O2/c26-19-8-4-5-11-24(19)15-20(27)25-14-18(16-6-2-1-3-7-16)22-21(25)17-9-12-23(22)13-10-17/h1-3,6-7,17-18,21-22H,4-5,8-15H2/t18-,21+,22+/m0/s1. The van der Waals surface area contributed by atoms with E-state index in [0.29, 0.717) is 30.3 Å². The SMILES string of the molecule is O=C1CCCCN1CC(=O)N1C[C@@H](c2ccccc2)[C@@H]2[C@H]1C1CCN2CC1. The van der Waals surface area contributed by atoms with Crippen LogP contribution in [-0.4, -0.2) is 71.3 Å². The van der Waals surface area contributed by atoms with Gasteiger partial charge in [0.15, 0.2) is 0 Å². The van der Waals surface area contributed by atoms with Crippen molar-refractivity contribution in [3.63, 3.8) is 0 Å². The first-order chi connectivity index (χ1) is 13.2. The lowest BCUT2D eigenvalue weighted by Gasteiger charge is -2.51. The lowest BCUT2D eigenvalue weighted by molar-refractivity contribution is -0.144. The molecule has 144 valence electrons. The van der Waals surface area contributed by atoms with Crippen molar-refractivity contribution in [2.24, 2.45) is 5.92 Å². The first-order valence-corrected chi connectivity index (χ1v) is 10.6. The zero-order valence-electron chi connectivity index (χ0n) is 15.9. The predicted molar refractivity (Wildman–Crippen MR) is 103 cm³/mol. The van der Waals surface area contributed by atoms with Crippen LogP contribution in [0.15, 0.2) is 30.3 Å². The van der Waals surface area contributed by atoms with Gasteiger partial charge in [-0.25, -0.2) is 0 Å². The highest BCUT2D eigenvalue weighted by Crippen LogP contribution is 2.46. The van der Waals surface area contributed by atoms with Gasteiger partial charge in [0.25, 0.3) is 0 Å². The second-order valence-corrected chi connectivity index (χ2v) is 8.69. The van der Waals surface area contributed by atoms with Crippen LogP contribution in [0, 0.1) is 5.92 Å². The molecule has 1 aromatic rings. The van der Waals surface area contributed by atoms with E-state index in [1.165, 1.54) is 31.5 Å². The predicted octanol–water partition coefficient (Wildman–Crippen LogP) is 2.09. The highest BCUT2D eigenvalue weighted by atomic mass is 16.2. The molecule has 5 heteroatoms. The molecule has 5 fully saturated rings. The summed E-state index contributed by atoms with van der Waals surface area (Å²) in [6, 6.07) is 11.5. The van der Waals surface area contributed by atoms with Gasteiger partial charge in [0.1, 0.15) is 0 Å². The zero-order valence-corrected chi connectivity index (χ0v) is 15.9. The topological polar surface area (TPSA) is 43.9 Å². The molecule has 5 aliphatic rings. The van der Waals surface area contributed by atoms with Crippen molar-refractivity contribution < 1.29 is 9.59 Å². The molecule has 0 aromatic heterocycles. The number of hydrogen-bond donors (Lipinski definition) is 0. The smallest absolute Gasteiger partial charge is 0.242 e. The normalized spacial score (nSPS) is 35.4. The average molecular weight is 367 g/mol. The van der Waals surface area contributed by atoms with Crippen molar-refractivity contribution in [3.05, 3.63) is 35.9 Å². The number of fused-ring (bicyclic) bond motifs is 2. The Morgan fingerprint density at radius 3 is 2.52 bits per heavy atom. The Balaban J connectivity index is 1.40. The third-order valence-electron chi connectivity index (χ3n) is 7.29. The van der Waals surface area contributed by atoms with Crippen LogP contribution in [0.1, 0.15) is 43.6 Å². The number of hydrogen-bond acceptors (Lipinski definition) is 3. The van der Waals surface area contributed by atoms with E-state index in [2.05, 4.69) is 40.1 Å². The number of likely N-dealkylation sites (tertiary alicyclic amines) is 2. The highest BCUT2D eigenvalue weighted by molar-refractivity contribution is 5.85. The minimum Gasteiger partial charge on any atom is -0.336 e. The van der Waals surface area contributed by atoms with Gasteiger partial charge in [-0.15, -0.1) is 0 Å². The van der Waals surface area contributed by atoms with Gasteiger partial charge in [0, 0.05) is 31.5 Å². The number of piperidine rings is 4. The van der Waals surface area contributed by atoms with Gasteiger partial charge < -0.3 is 9.80 Å². The molecule has 5 aliphatic heterocycles. The van der Waals surface area contributed by atoms with Crippen LogP contribution < -0.4 is 0 Å². The molecule has 2 bridgehead atoms. The van der Waals surface area contributed by atoms with Crippen LogP contribution in [0.3, 0.4) is 0 Å². The molecule has 0 saturated carbocycles. The summed E-state index contributed by atoms with van der Waals surface area (Å²) in [6.45, 7) is 4.15. The zero-order chi connectivity index (χ0) is 18.4. The Hall–Kier alpha value is -1.88. The largest absolute Gasteiger partial charge is 0.336 e. The molecule has 0 spiro atoms. The molecule has 5 nitrogen and oxygen atoms in total. The second-order valence-electron chi connectivity index (χ2n) is 8.69. The van der Waals surface area contributed by atoms with E-state index in [-0.39, 0.29) is 18.4 Å². The highest BCUT2D eigenvalue weighted by Gasteiger charge is 2.54. The minimum atomic E-state index is 0.152. The molecule has 0 radical (unpaired) electrons. The lowest BCUT2D eigenvalue weighted by Crippen LogP contribution is -2.61. The quantitative estimate of drug-likeness (QED) is 0.822. The van der Waals surface area contributed by atoms with Crippen LogP contribution in [0.25, 0.3) is 0 Å². The lowest BCUT2D eigenvalue weighted by atomic mass is 9.75. The molecule has 0 aliphatic carbocycles. The van der Waals surface area contributed by atoms with E-state index in [4.69, 9.17) is 0 Å². The fourth-order valence-electron chi connectivity index (χ4n) is 5.98. The molecule has 1 aromatic carbocycles. The van der Waals surface area contributed by atoms with Gasteiger partial charge in [0.2, 0.25) is 11.8 Å². The van der Waals surface area contributed by atoms with E-state index < -0.39 is 0 Å². The molecular weight excluding hydrogens is 338 g/mol. The van der Waals surface area contributed by atoms with E-state index in [1.54, 1.807) is 4.90 Å². The maximum atomic E-state index is 13.3. The molecule has 5 saturated heterocycles. The molecule has 27 heavy (non-hydrogen) atoms. The Labute approximate surface area is 161 Å². The van der Waals surface area contributed by atoms with Crippen LogP contribution in [0.2, 0.25) is 0 Å². The number of carbonyl (C=O) groups is 2. The summed E-state index contributed by atoms with van der Waals surface area (Å²) < 4.78 is 0. The fourth-order valence-corrected chi connectivity index (χ4v) is 5.98. The van der Waals surface area contributed by atoms with E-state index in [9.17, 15) is 9.59 Å². The summed E-state index contributed by atoms with van der Waals surface area (Å²) >= 11 is 0. The van der Waals surface area contributed by atoms with Crippen LogP contribution in [-0.2, 0) is 9.59 Å². The Kier molecular flexibility index (Phi) is 4.43. The maximum Gasteiger partial charge on any atom is 0.242 e. The number of benzene rings is 1. The van der Waals surface area contributed by atoms with Crippen molar-refractivity contribution in [1.29, 1.82) is 0 Å². The van der Waals surface area contributed by atoms with Crippen LogP contribution >= 0.6 is 0 Å². The Bertz CT molecular complexity index is 714.